The van der Waals surface area contributed by atoms with Gasteiger partial charge in [0.1, 0.15) is 5.75 Å². The van der Waals surface area contributed by atoms with Gasteiger partial charge in [0.15, 0.2) is 0 Å². The average Bonchev–Trinajstić information content (AvgIpc) is 2.23. The summed E-state index contributed by atoms with van der Waals surface area (Å²) >= 11 is 0. The Labute approximate surface area is 114 Å². The molecule has 90 valence electrons. The first kappa shape index (κ1) is 16.3. The Kier molecular flexibility index (Phi) is 7.24. The molecular formula is C11H15LiO4S. The normalized spacial score (nSPS) is 10.4. The number of para-hydroxylation sites is 1. The predicted molar refractivity (Wildman–Crippen MR) is 70.2 cm³/mol. The van der Waals surface area contributed by atoms with Gasteiger partial charge in [0.05, 0.1) is 12.4 Å². The maximum atomic E-state index is 10.4. The fourth-order valence-electron chi connectivity index (χ4n) is 1.20. The van der Waals surface area contributed by atoms with Gasteiger partial charge in [-0.25, -0.2) is 0 Å². The van der Waals surface area contributed by atoms with Gasteiger partial charge in [-0.3, -0.25) is 4.55 Å². The molecule has 0 aliphatic heterocycles. The second-order valence-corrected chi connectivity index (χ2v) is 4.80. The Morgan fingerprint density at radius 1 is 1.35 bits per heavy atom. The second kappa shape index (κ2) is 7.57. The molecule has 0 spiro atoms. The molecule has 1 aromatic rings. The molecule has 0 aliphatic carbocycles. The molecule has 0 bridgehead atoms. The van der Waals surface area contributed by atoms with Crippen molar-refractivity contribution in [3.05, 3.63) is 36.4 Å². The van der Waals surface area contributed by atoms with E-state index in [1.165, 1.54) is 0 Å². The number of hydrogen-bond donors (Lipinski definition) is 1. The molecular weight excluding hydrogens is 235 g/mol. The van der Waals surface area contributed by atoms with Crippen LogP contribution in [0.15, 0.2) is 30.8 Å². The summed E-state index contributed by atoms with van der Waals surface area (Å²) < 4.78 is 34.8. The molecule has 1 aromatic carbocycles. The third-order valence-electron chi connectivity index (χ3n) is 1.94. The molecule has 4 nitrogen and oxygen atoms in total. The van der Waals surface area contributed by atoms with Crippen molar-refractivity contribution in [2.45, 2.75) is 6.42 Å². The van der Waals surface area contributed by atoms with Crippen LogP contribution >= 0.6 is 0 Å². The van der Waals surface area contributed by atoms with Crippen LogP contribution in [0.1, 0.15) is 12.0 Å². The van der Waals surface area contributed by atoms with Gasteiger partial charge in [-0.1, -0.05) is 30.9 Å². The summed E-state index contributed by atoms with van der Waals surface area (Å²) in [6, 6.07) is 7.32. The van der Waals surface area contributed by atoms with Crippen LogP contribution in [0.5, 0.6) is 5.75 Å². The molecule has 0 unspecified atom stereocenters. The summed E-state index contributed by atoms with van der Waals surface area (Å²) in [6.45, 7) is 3.88. The van der Waals surface area contributed by atoms with Gasteiger partial charge >= 0.3 is 18.9 Å². The number of ether oxygens (including phenoxy) is 1. The third kappa shape index (κ3) is 6.54. The Hall–Kier alpha value is -0.733. The fourth-order valence-corrected chi connectivity index (χ4v) is 1.69. The Morgan fingerprint density at radius 2 is 2.00 bits per heavy atom. The summed E-state index contributed by atoms with van der Waals surface area (Å²) in [6.07, 6.45) is 1.92. The molecule has 0 heterocycles. The topological polar surface area (TPSA) is 63.6 Å². The molecule has 6 heteroatoms. The molecule has 0 radical (unpaired) electrons. The first-order chi connectivity index (χ1) is 7.53. The molecule has 17 heavy (non-hydrogen) atoms. The quantitative estimate of drug-likeness (QED) is 0.470. The van der Waals surface area contributed by atoms with E-state index in [-0.39, 0.29) is 37.6 Å². The van der Waals surface area contributed by atoms with E-state index in [0.29, 0.717) is 5.75 Å². The van der Waals surface area contributed by atoms with E-state index in [1.807, 2.05) is 18.2 Å². The Balaban J connectivity index is 0.00000256. The summed E-state index contributed by atoms with van der Waals surface area (Å²) in [4.78, 5) is 0. The number of benzene rings is 1. The van der Waals surface area contributed by atoms with Gasteiger partial charge in [-0.05, 0) is 12.5 Å². The fraction of sp³-hybridized carbons (Fsp3) is 0.273. The standard InChI is InChI=1S/C11H14O4S.Li.H/c1-2-10-6-3-4-7-11(10)15-8-5-9-16(12,13)14;;/h2-4,6-7H,1,5,8-9H2,(H,12,13,14);;. The van der Waals surface area contributed by atoms with Crippen LogP contribution in [-0.2, 0) is 10.1 Å². The molecule has 0 fully saturated rings. The van der Waals surface area contributed by atoms with Crippen molar-refractivity contribution in [2.24, 2.45) is 0 Å². The summed E-state index contributed by atoms with van der Waals surface area (Å²) in [5.41, 5.74) is 0.856. The predicted octanol–water partition coefficient (Wildman–Crippen LogP) is 1.34. The van der Waals surface area contributed by atoms with Crippen LogP contribution < -0.4 is 4.74 Å². The van der Waals surface area contributed by atoms with Gasteiger partial charge in [-0.2, -0.15) is 8.42 Å². The summed E-state index contributed by atoms with van der Waals surface area (Å²) in [5, 5.41) is 0. The molecule has 1 rings (SSSR count). The first-order valence-electron chi connectivity index (χ1n) is 4.82. The zero-order chi connectivity index (χ0) is 12.0. The van der Waals surface area contributed by atoms with Crippen molar-refractivity contribution in [1.82, 2.24) is 0 Å². The van der Waals surface area contributed by atoms with Crippen LogP contribution in [0.2, 0.25) is 0 Å². The molecule has 0 atom stereocenters. The van der Waals surface area contributed by atoms with Gasteiger partial charge in [0.25, 0.3) is 10.1 Å². The number of rotatable bonds is 6. The minimum atomic E-state index is -3.89. The van der Waals surface area contributed by atoms with Crippen LogP contribution in [0, 0.1) is 0 Å². The van der Waals surface area contributed by atoms with E-state index in [4.69, 9.17) is 9.29 Å². The summed E-state index contributed by atoms with van der Waals surface area (Å²) in [5.74, 6) is 0.372. The van der Waals surface area contributed by atoms with Crippen molar-refractivity contribution in [2.75, 3.05) is 12.4 Å². The third-order valence-corrected chi connectivity index (χ3v) is 2.75. The molecule has 0 amide bonds. The maximum absolute atomic E-state index is 10.4. The van der Waals surface area contributed by atoms with Crippen molar-refractivity contribution in [3.8, 4) is 5.75 Å². The molecule has 1 N–H and O–H groups in total. The molecule has 0 saturated carbocycles. The van der Waals surface area contributed by atoms with Crippen LogP contribution in [-0.4, -0.2) is 44.2 Å². The van der Waals surface area contributed by atoms with Crippen molar-refractivity contribution in [3.63, 3.8) is 0 Å². The van der Waals surface area contributed by atoms with E-state index in [2.05, 4.69) is 6.58 Å². The SMILES string of the molecule is C=Cc1ccccc1OCCCS(=O)(=O)O.[LiH]. The summed E-state index contributed by atoms with van der Waals surface area (Å²) in [7, 11) is -3.89. The first-order valence-corrected chi connectivity index (χ1v) is 6.43. The Morgan fingerprint density at radius 3 is 2.59 bits per heavy atom. The van der Waals surface area contributed by atoms with Gasteiger partial charge in [0.2, 0.25) is 0 Å². The van der Waals surface area contributed by atoms with E-state index < -0.39 is 10.1 Å². The Bertz CT molecular complexity index is 456. The monoisotopic (exact) mass is 250 g/mol. The van der Waals surface area contributed by atoms with E-state index in [1.54, 1.807) is 12.1 Å². The number of hydrogen-bond acceptors (Lipinski definition) is 3. The zero-order valence-corrected chi connectivity index (χ0v) is 9.61. The van der Waals surface area contributed by atoms with Gasteiger partial charge in [-0.15, -0.1) is 0 Å². The van der Waals surface area contributed by atoms with Gasteiger partial charge in [0, 0.05) is 5.56 Å². The van der Waals surface area contributed by atoms with Crippen LogP contribution in [0.25, 0.3) is 6.08 Å². The van der Waals surface area contributed by atoms with Crippen molar-refractivity contribution >= 4 is 35.1 Å². The van der Waals surface area contributed by atoms with Crippen molar-refractivity contribution in [1.29, 1.82) is 0 Å². The van der Waals surface area contributed by atoms with Gasteiger partial charge < -0.3 is 4.74 Å². The van der Waals surface area contributed by atoms with E-state index in [0.717, 1.165) is 5.56 Å². The second-order valence-electron chi connectivity index (χ2n) is 3.23. The van der Waals surface area contributed by atoms with E-state index >= 15 is 0 Å². The zero-order valence-electron chi connectivity index (χ0n) is 8.80. The van der Waals surface area contributed by atoms with Crippen LogP contribution in [0.4, 0.5) is 0 Å². The molecule has 0 aliphatic rings. The average molecular weight is 250 g/mol. The van der Waals surface area contributed by atoms with Crippen molar-refractivity contribution < 1.29 is 17.7 Å². The molecule has 0 aromatic heterocycles. The van der Waals surface area contributed by atoms with E-state index in [9.17, 15) is 8.42 Å². The molecule has 0 saturated heterocycles. The van der Waals surface area contributed by atoms with Crippen LogP contribution in [0.3, 0.4) is 0 Å². The minimum absolute atomic E-state index is 0.